The first-order valence-corrected chi connectivity index (χ1v) is 19.2. The van der Waals surface area contributed by atoms with Gasteiger partial charge in [0.1, 0.15) is 6.61 Å². The molecule has 9 heteroatoms. The first kappa shape index (κ1) is 42.0. The van der Waals surface area contributed by atoms with Gasteiger partial charge in [-0.05, 0) is 12.8 Å². The molecule has 0 bridgehead atoms. The molecule has 8 nitrogen and oxygen atoms in total. The normalized spacial score (nSPS) is 13.5. The van der Waals surface area contributed by atoms with Crippen molar-refractivity contribution in [1.29, 1.82) is 0 Å². The second-order valence-corrected chi connectivity index (χ2v) is 13.6. The molecule has 0 aliphatic rings. The monoisotopic (exact) mass is 634 g/mol. The minimum absolute atomic E-state index is 0.217. The Balaban J connectivity index is 4.06. The fourth-order valence-corrected chi connectivity index (χ4v) is 5.53. The summed E-state index contributed by atoms with van der Waals surface area (Å²) in [5, 5.41) is 0. The van der Waals surface area contributed by atoms with E-state index in [9.17, 15) is 19.0 Å². The lowest BCUT2D eigenvalue weighted by molar-refractivity contribution is -0.161. The van der Waals surface area contributed by atoms with Crippen molar-refractivity contribution in [2.45, 2.75) is 187 Å². The minimum atomic E-state index is -4.24. The average Bonchev–Trinajstić information content (AvgIpc) is 2.99. The van der Waals surface area contributed by atoms with Crippen LogP contribution in [0.5, 0.6) is 0 Å². The number of ether oxygens (including phenoxy) is 2. The van der Waals surface area contributed by atoms with Gasteiger partial charge in [-0.15, -0.1) is 0 Å². The first-order valence-electron chi connectivity index (χ1n) is 17.7. The van der Waals surface area contributed by atoms with Crippen molar-refractivity contribution in [1.82, 2.24) is 0 Å². The average molecular weight is 635 g/mol. The molecule has 0 fully saturated rings. The van der Waals surface area contributed by atoms with Crippen LogP contribution in [0.3, 0.4) is 0 Å². The third-order valence-electron chi connectivity index (χ3n) is 7.85. The number of phosphoric ester groups is 1. The molecule has 0 spiro atoms. The summed E-state index contributed by atoms with van der Waals surface area (Å²) < 4.78 is 31.8. The van der Waals surface area contributed by atoms with Crippen LogP contribution >= 0.6 is 7.82 Å². The van der Waals surface area contributed by atoms with Crippen molar-refractivity contribution in [3.05, 3.63) is 0 Å². The second kappa shape index (κ2) is 31.0. The Morgan fingerprint density at radius 3 is 1.28 bits per heavy atom. The molecule has 1 unspecified atom stereocenters. The highest BCUT2D eigenvalue weighted by molar-refractivity contribution is 7.47. The van der Waals surface area contributed by atoms with E-state index in [0.717, 1.165) is 45.6 Å². The van der Waals surface area contributed by atoms with E-state index in [0.29, 0.717) is 6.42 Å². The van der Waals surface area contributed by atoms with E-state index in [4.69, 9.17) is 14.0 Å². The van der Waals surface area contributed by atoms with Crippen LogP contribution in [-0.2, 0) is 32.7 Å². The largest absolute Gasteiger partial charge is 0.472 e. The van der Waals surface area contributed by atoms with Crippen molar-refractivity contribution >= 4 is 19.8 Å². The van der Waals surface area contributed by atoms with Crippen LogP contribution in [0.4, 0.5) is 0 Å². The van der Waals surface area contributed by atoms with E-state index < -0.39 is 26.5 Å². The van der Waals surface area contributed by atoms with Gasteiger partial charge in [-0.3, -0.25) is 18.6 Å². The predicted octanol–water partition coefficient (Wildman–Crippen LogP) is 10.4. The lowest BCUT2D eigenvalue weighted by atomic mass is 10.0. The molecular formula is C34H67O8P. The van der Waals surface area contributed by atoms with Gasteiger partial charge in [0.15, 0.2) is 6.10 Å². The van der Waals surface area contributed by atoms with Crippen LogP contribution < -0.4 is 0 Å². The van der Waals surface area contributed by atoms with Crippen molar-refractivity contribution in [2.24, 2.45) is 0 Å². The molecule has 0 aromatic carbocycles. The van der Waals surface area contributed by atoms with Gasteiger partial charge < -0.3 is 14.4 Å². The SMILES string of the molecule is CCCCCCCCCCCCCCCC(=O)O[C@H](COC(=O)CCCCCCCCCCCCC)COP(=O)(O)OC. The summed E-state index contributed by atoms with van der Waals surface area (Å²) in [4.78, 5) is 34.2. The fraction of sp³-hybridized carbons (Fsp3) is 0.941. The number of phosphoric acid groups is 1. The zero-order valence-electron chi connectivity index (χ0n) is 28.1. The molecule has 0 amide bonds. The predicted molar refractivity (Wildman–Crippen MR) is 175 cm³/mol. The van der Waals surface area contributed by atoms with Gasteiger partial charge in [0.25, 0.3) is 0 Å². The molecule has 0 saturated heterocycles. The summed E-state index contributed by atoms with van der Waals surface area (Å²) in [7, 11) is -3.18. The van der Waals surface area contributed by atoms with Crippen LogP contribution in [0.25, 0.3) is 0 Å². The van der Waals surface area contributed by atoms with Gasteiger partial charge in [-0.25, -0.2) is 4.57 Å². The fourth-order valence-electron chi connectivity index (χ4n) is 5.07. The van der Waals surface area contributed by atoms with Gasteiger partial charge in [0, 0.05) is 20.0 Å². The maximum Gasteiger partial charge on any atom is 0.472 e. The van der Waals surface area contributed by atoms with Gasteiger partial charge >= 0.3 is 19.8 Å². The van der Waals surface area contributed by atoms with Crippen LogP contribution in [0.15, 0.2) is 0 Å². The summed E-state index contributed by atoms with van der Waals surface area (Å²) >= 11 is 0. The van der Waals surface area contributed by atoms with Crippen molar-refractivity contribution in [2.75, 3.05) is 20.3 Å². The lowest BCUT2D eigenvalue weighted by Crippen LogP contribution is -2.29. The zero-order valence-corrected chi connectivity index (χ0v) is 29.0. The Morgan fingerprint density at radius 1 is 0.558 bits per heavy atom. The van der Waals surface area contributed by atoms with E-state index >= 15 is 0 Å². The smallest absolute Gasteiger partial charge is 0.462 e. The highest BCUT2D eigenvalue weighted by Crippen LogP contribution is 2.42. The standard InChI is InChI=1S/C34H67O8P/c1-4-6-8-10-12-14-16-17-19-21-23-25-27-29-34(36)42-32(31-41-43(37,38)39-3)30-40-33(35)28-26-24-22-20-18-15-13-11-9-7-5-2/h32H,4-31H2,1-3H3,(H,37,38)/t32-/m1/s1. The summed E-state index contributed by atoms with van der Waals surface area (Å²) in [5.41, 5.74) is 0. The number of hydrogen-bond acceptors (Lipinski definition) is 7. The highest BCUT2D eigenvalue weighted by atomic mass is 31.2. The molecule has 0 aliphatic carbocycles. The molecule has 0 saturated carbocycles. The first-order chi connectivity index (χ1) is 20.8. The Kier molecular flexibility index (Phi) is 30.4. The summed E-state index contributed by atoms with van der Waals surface area (Å²) in [6.45, 7) is 3.87. The maximum absolute atomic E-state index is 12.4. The van der Waals surface area contributed by atoms with Gasteiger partial charge in [0.2, 0.25) is 0 Å². The number of carbonyl (C=O) groups excluding carboxylic acids is 2. The topological polar surface area (TPSA) is 108 Å². The molecule has 43 heavy (non-hydrogen) atoms. The van der Waals surface area contributed by atoms with E-state index in [1.54, 1.807) is 0 Å². The van der Waals surface area contributed by atoms with Gasteiger partial charge in [-0.1, -0.05) is 155 Å². The Bertz CT molecular complexity index is 687. The zero-order chi connectivity index (χ0) is 31.9. The van der Waals surface area contributed by atoms with Crippen LogP contribution in [0, 0.1) is 0 Å². The molecule has 0 aromatic heterocycles. The molecule has 0 heterocycles. The second-order valence-electron chi connectivity index (χ2n) is 12.0. The van der Waals surface area contributed by atoms with Crippen molar-refractivity contribution in [3.63, 3.8) is 0 Å². The molecule has 0 aliphatic heterocycles. The third kappa shape index (κ3) is 30.8. The van der Waals surface area contributed by atoms with Crippen molar-refractivity contribution in [3.8, 4) is 0 Å². The third-order valence-corrected chi connectivity index (χ3v) is 8.79. The van der Waals surface area contributed by atoms with E-state index in [1.807, 2.05) is 0 Å². The maximum atomic E-state index is 12.4. The van der Waals surface area contributed by atoms with Gasteiger partial charge in [-0.2, -0.15) is 0 Å². The number of rotatable bonds is 33. The van der Waals surface area contributed by atoms with E-state index in [2.05, 4.69) is 18.4 Å². The number of carbonyl (C=O) groups is 2. The van der Waals surface area contributed by atoms with Crippen LogP contribution in [0.2, 0.25) is 0 Å². The van der Waals surface area contributed by atoms with Crippen LogP contribution in [-0.4, -0.2) is 43.3 Å². The number of unbranched alkanes of at least 4 members (excludes halogenated alkanes) is 22. The van der Waals surface area contributed by atoms with E-state index in [-0.39, 0.29) is 19.0 Å². The number of esters is 2. The molecular weight excluding hydrogens is 567 g/mol. The van der Waals surface area contributed by atoms with Gasteiger partial charge in [0.05, 0.1) is 6.61 Å². The summed E-state index contributed by atoms with van der Waals surface area (Å²) in [6.07, 6.45) is 28.6. The molecule has 0 radical (unpaired) electrons. The number of hydrogen-bond donors (Lipinski definition) is 1. The molecule has 2 atom stereocenters. The van der Waals surface area contributed by atoms with E-state index in [1.165, 1.54) is 116 Å². The van der Waals surface area contributed by atoms with Crippen LogP contribution in [0.1, 0.15) is 181 Å². The summed E-state index contributed by atoms with van der Waals surface area (Å²) in [6, 6.07) is 0. The Labute approximate surface area is 264 Å². The summed E-state index contributed by atoms with van der Waals surface area (Å²) in [5.74, 6) is -0.796. The highest BCUT2D eigenvalue weighted by Gasteiger charge is 2.24. The molecule has 256 valence electrons. The minimum Gasteiger partial charge on any atom is -0.462 e. The molecule has 0 rings (SSSR count). The molecule has 1 N–H and O–H groups in total. The van der Waals surface area contributed by atoms with Crippen molar-refractivity contribution < 1.29 is 37.6 Å². The molecule has 0 aromatic rings. The Hall–Kier alpha value is -0.950. The Morgan fingerprint density at radius 2 is 0.907 bits per heavy atom. The quantitative estimate of drug-likeness (QED) is 0.0431. The lowest BCUT2D eigenvalue weighted by Gasteiger charge is -2.19.